The number of amides is 1. The van der Waals surface area contributed by atoms with E-state index >= 15 is 0 Å². The molecule has 0 bridgehead atoms. The molecule has 0 fully saturated rings. The van der Waals surface area contributed by atoms with Gasteiger partial charge in [-0.1, -0.05) is 6.07 Å². The molecule has 1 aromatic rings. The Morgan fingerprint density at radius 1 is 1.39 bits per heavy atom. The summed E-state index contributed by atoms with van der Waals surface area (Å²) < 4.78 is 4.76. The Hall–Kier alpha value is -2.04. The minimum absolute atomic E-state index is 0.0502. The van der Waals surface area contributed by atoms with Gasteiger partial charge in [0, 0.05) is 18.5 Å². The molecular formula is C13H17NO4. The molecule has 5 heteroatoms. The monoisotopic (exact) mass is 251 g/mol. The van der Waals surface area contributed by atoms with Crippen molar-refractivity contribution in [3.05, 3.63) is 29.8 Å². The predicted molar refractivity (Wildman–Crippen MR) is 66.3 cm³/mol. The molecule has 0 spiro atoms. The number of aromatic hydroxyl groups is 1. The summed E-state index contributed by atoms with van der Waals surface area (Å²) in [6.07, 6.45) is 0.817. The lowest BCUT2D eigenvalue weighted by Gasteiger charge is -2.05. The Kier molecular flexibility index (Phi) is 5.70. The molecule has 5 nitrogen and oxygen atoms in total. The molecule has 1 amide bonds. The number of nitrogens with one attached hydrogen (secondary N) is 1. The predicted octanol–water partition coefficient (Wildman–Crippen LogP) is 1.47. The maximum Gasteiger partial charge on any atom is 0.305 e. The van der Waals surface area contributed by atoms with Crippen molar-refractivity contribution in [3.8, 4) is 5.75 Å². The van der Waals surface area contributed by atoms with E-state index in [9.17, 15) is 14.7 Å². The second-order valence-corrected chi connectivity index (χ2v) is 3.71. The second kappa shape index (κ2) is 7.32. The minimum Gasteiger partial charge on any atom is -0.508 e. The molecule has 0 heterocycles. The zero-order chi connectivity index (χ0) is 13.4. The van der Waals surface area contributed by atoms with Crippen molar-refractivity contribution in [2.45, 2.75) is 19.8 Å². The zero-order valence-electron chi connectivity index (χ0n) is 10.3. The summed E-state index contributed by atoms with van der Waals surface area (Å²) in [7, 11) is 0. The summed E-state index contributed by atoms with van der Waals surface area (Å²) in [5.74, 6) is -0.479. The first-order valence-corrected chi connectivity index (χ1v) is 5.86. The Labute approximate surface area is 106 Å². The average molecular weight is 251 g/mol. The Balaban J connectivity index is 2.27. The Morgan fingerprint density at radius 3 is 2.83 bits per heavy atom. The maximum atomic E-state index is 11.6. The summed E-state index contributed by atoms with van der Waals surface area (Å²) in [4.78, 5) is 22.7. The van der Waals surface area contributed by atoms with Gasteiger partial charge in [-0.25, -0.2) is 0 Å². The van der Waals surface area contributed by atoms with Gasteiger partial charge in [0.15, 0.2) is 0 Å². The number of ether oxygens (including phenoxy) is 1. The highest BCUT2D eigenvalue weighted by Gasteiger charge is 2.06. The molecule has 0 aliphatic heterocycles. The van der Waals surface area contributed by atoms with Crippen molar-refractivity contribution in [3.63, 3.8) is 0 Å². The molecule has 2 N–H and O–H groups in total. The van der Waals surface area contributed by atoms with Gasteiger partial charge < -0.3 is 15.2 Å². The van der Waals surface area contributed by atoms with Gasteiger partial charge in [0.1, 0.15) is 5.75 Å². The minimum atomic E-state index is -0.269. The lowest BCUT2D eigenvalue weighted by molar-refractivity contribution is -0.143. The number of benzene rings is 1. The fourth-order valence-corrected chi connectivity index (χ4v) is 1.42. The van der Waals surface area contributed by atoms with Gasteiger partial charge in [0.25, 0.3) is 5.91 Å². The third-order valence-corrected chi connectivity index (χ3v) is 2.26. The van der Waals surface area contributed by atoms with Crippen LogP contribution in [-0.2, 0) is 9.53 Å². The van der Waals surface area contributed by atoms with E-state index in [1.54, 1.807) is 19.1 Å². The lowest BCUT2D eigenvalue weighted by atomic mass is 10.2. The van der Waals surface area contributed by atoms with Gasteiger partial charge in [0.05, 0.1) is 6.61 Å². The molecule has 98 valence electrons. The second-order valence-electron chi connectivity index (χ2n) is 3.71. The first kappa shape index (κ1) is 14.0. The van der Waals surface area contributed by atoms with Crippen LogP contribution in [0, 0.1) is 0 Å². The largest absolute Gasteiger partial charge is 0.508 e. The molecule has 0 unspecified atom stereocenters. The Bertz CT molecular complexity index is 417. The number of rotatable bonds is 6. The molecule has 0 atom stereocenters. The van der Waals surface area contributed by atoms with E-state index in [0.29, 0.717) is 25.1 Å². The number of carbonyl (C=O) groups excluding carboxylic acids is 2. The van der Waals surface area contributed by atoms with Gasteiger partial charge in [-0.05, 0) is 31.5 Å². The average Bonchev–Trinajstić information content (AvgIpc) is 2.35. The lowest BCUT2D eigenvalue weighted by Crippen LogP contribution is -2.24. The smallest absolute Gasteiger partial charge is 0.305 e. The van der Waals surface area contributed by atoms with Crippen LogP contribution < -0.4 is 5.32 Å². The highest BCUT2D eigenvalue weighted by Crippen LogP contribution is 2.10. The molecule has 0 aromatic heterocycles. The molecule has 0 aliphatic rings. The Morgan fingerprint density at radius 2 is 2.17 bits per heavy atom. The number of phenols is 1. The molecule has 0 saturated heterocycles. The van der Waals surface area contributed by atoms with Crippen LogP contribution in [0.4, 0.5) is 0 Å². The van der Waals surface area contributed by atoms with E-state index in [0.717, 1.165) is 0 Å². The van der Waals surface area contributed by atoms with Gasteiger partial charge in [-0.2, -0.15) is 0 Å². The number of esters is 1. The topological polar surface area (TPSA) is 75.6 Å². The number of hydrogen-bond donors (Lipinski definition) is 2. The SMILES string of the molecule is CCOC(=O)CCCNC(=O)c1cccc(O)c1. The summed E-state index contributed by atoms with van der Waals surface area (Å²) in [6.45, 7) is 2.52. The molecular weight excluding hydrogens is 234 g/mol. The van der Waals surface area contributed by atoms with E-state index in [2.05, 4.69) is 5.32 Å². The van der Waals surface area contributed by atoms with Gasteiger partial charge >= 0.3 is 5.97 Å². The number of hydrogen-bond acceptors (Lipinski definition) is 4. The van der Waals surface area contributed by atoms with Crippen LogP contribution in [0.5, 0.6) is 5.75 Å². The van der Waals surface area contributed by atoms with Crippen molar-refractivity contribution >= 4 is 11.9 Å². The van der Waals surface area contributed by atoms with E-state index in [1.165, 1.54) is 12.1 Å². The van der Waals surface area contributed by atoms with E-state index < -0.39 is 0 Å². The molecule has 0 radical (unpaired) electrons. The quantitative estimate of drug-likeness (QED) is 0.593. The van der Waals surface area contributed by atoms with Crippen molar-refractivity contribution in [2.24, 2.45) is 0 Å². The number of carbonyl (C=O) groups is 2. The van der Waals surface area contributed by atoms with E-state index in [-0.39, 0.29) is 24.0 Å². The first-order valence-electron chi connectivity index (χ1n) is 5.86. The van der Waals surface area contributed by atoms with Crippen molar-refractivity contribution < 1.29 is 19.4 Å². The van der Waals surface area contributed by atoms with Crippen LogP contribution in [-0.4, -0.2) is 30.1 Å². The van der Waals surface area contributed by atoms with Gasteiger partial charge in [0.2, 0.25) is 0 Å². The molecule has 0 aliphatic carbocycles. The third kappa shape index (κ3) is 4.86. The summed E-state index contributed by atoms with van der Waals surface area (Å²) in [5.41, 5.74) is 0.395. The van der Waals surface area contributed by atoms with Gasteiger partial charge in [-0.3, -0.25) is 9.59 Å². The normalized spacial score (nSPS) is 9.83. The van der Waals surface area contributed by atoms with Crippen molar-refractivity contribution in [1.29, 1.82) is 0 Å². The molecule has 1 rings (SSSR count). The highest BCUT2D eigenvalue weighted by molar-refractivity contribution is 5.94. The summed E-state index contributed by atoms with van der Waals surface area (Å²) >= 11 is 0. The van der Waals surface area contributed by atoms with Crippen LogP contribution >= 0.6 is 0 Å². The van der Waals surface area contributed by atoms with Crippen LogP contribution in [0.3, 0.4) is 0 Å². The van der Waals surface area contributed by atoms with Crippen LogP contribution in [0.2, 0.25) is 0 Å². The van der Waals surface area contributed by atoms with Crippen molar-refractivity contribution in [2.75, 3.05) is 13.2 Å². The first-order chi connectivity index (χ1) is 8.63. The van der Waals surface area contributed by atoms with Crippen molar-refractivity contribution in [1.82, 2.24) is 5.32 Å². The van der Waals surface area contributed by atoms with Gasteiger partial charge in [-0.15, -0.1) is 0 Å². The van der Waals surface area contributed by atoms with Crippen LogP contribution in [0.25, 0.3) is 0 Å². The van der Waals surface area contributed by atoms with E-state index in [4.69, 9.17) is 4.74 Å². The van der Waals surface area contributed by atoms with E-state index in [1.807, 2.05) is 0 Å². The molecule has 1 aromatic carbocycles. The number of phenolic OH excluding ortho intramolecular Hbond substituents is 1. The fourth-order valence-electron chi connectivity index (χ4n) is 1.42. The van der Waals surface area contributed by atoms with Crippen LogP contribution in [0.15, 0.2) is 24.3 Å². The summed E-state index contributed by atoms with van der Waals surface area (Å²) in [5, 5.41) is 11.9. The zero-order valence-corrected chi connectivity index (χ0v) is 10.3. The van der Waals surface area contributed by atoms with Crippen LogP contribution in [0.1, 0.15) is 30.1 Å². The molecule has 0 saturated carbocycles. The highest BCUT2D eigenvalue weighted by atomic mass is 16.5. The standard InChI is InChI=1S/C13H17NO4/c1-2-18-12(16)7-4-8-14-13(17)10-5-3-6-11(15)9-10/h3,5-6,9,15H,2,4,7-8H2,1H3,(H,14,17). The summed E-state index contributed by atoms with van der Waals surface area (Å²) in [6, 6.07) is 6.10. The maximum absolute atomic E-state index is 11.6. The third-order valence-electron chi connectivity index (χ3n) is 2.26. The fraction of sp³-hybridized carbons (Fsp3) is 0.385. The molecule has 18 heavy (non-hydrogen) atoms.